The minimum Gasteiger partial charge on any atom is -0.330 e. The van der Waals surface area contributed by atoms with Crippen LogP contribution in [0.15, 0.2) is 24.3 Å². The van der Waals surface area contributed by atoms with Crippen LogP contribution in [0.1, 0.15) is 29.3 Å². The topological polar surface area (TPSA) is 89.3 Å². The first kappa shape index (κ1) is 14.7. The molecule has 0 spiro atoms. The number of hydrogen-bond acceptors (Lipinski definition) is 4. The van der Waals surface area contributed by atoms with Crippen molar-refractivity contribution in [1.82, 2.24) is 4.72 Å². The molecule has 0 saturated carbocycles. The third-order valence-electron chi connectivity index (χ3n) is 2.37. The van der Waals surface area contributed by atoms with Gasteiger partial charge in [-0.15, -0.1) is 0 Å². The summed E-state index contributed by atoms with van der Waals surface area (Å²) in [4.78, 5) is 11.7. The molecule has 1 amide bonds. The summed E-state index contributed by atoms with van der Waals surface area (Å²) in [5.74, 6) is -0.646. The Hall–Kier alpha value is -1.40. The number of nitrogens with two attached hydrogens (primary N) is 1. The first-order valence-electron chi connectivity index (χ1n) is 5.82. The Morgan fingerprint density at radius 2 is 1.89 bits per heavy atom. The highest BCUT2D eigenvalue weighted by Gasteiger charge is 2.14. The van der Waals surface area contributed by atoms with Gasteiger partial charge in [-0.25, -0.2) is 13.1 Å². The van der Waals surface area contributed by atoms with E-state index >= 15 is 0 Å². The fourth-order valence-electron chi connectivity index (χ4n) is 1.51. The van der Waals surface area contributed by atoms with E-state index in [1.54, 1.807) is 31.2 Å². The summed E-state index contributed by atoms with van der Waals surface area (Å²) in [6.45, 7) is 2.28. The summed E-state index contributed by atoms with van der Waals surface area (Å²) >= 11 is 0. The highest BCUT2D eigenvalue weighted by molar-refractivity contribution is 7.90. The lowest BCUT2D eigenvalue weighted by atomic mass is 10.1. The molecule has 3 N–H and O–H groups in total. The Morgan fingerprint density at radius 1 is 1.28 bits per heavy atom. The van der Waals surface area contributed by atoms with Crippen molar-refractivity contribution in [2.75, 3.05) is 12.3 Å². The number of hydrogen-bond donors (Lipinski definition) is 2. The quantitative estimate of drug-likeness (QED) is 0.794. The molecule has 0 aliphatic rings. The van der Waals surface area contributed by atoms with Crippen LogP contribution in [0.4, 0.5) is 0 Å². The van der Waals surface area contributed by atoms with Gasteiger partial charge in [-0.1, -0.05) is 19.1 Å². The average Bonchev–Trinajstić information content (AvgIpc) is 2.29. The zero-order valence-corrected chi connectivity index (χ0v) is 11.2. The van der Waals surface area contributed by atoms with Crippen LogP contribution in [0.25, 0.3) is 0 Å². The fourth-order valence-corrected chi connectivity index (χ4v) is 2.55. The summed E-state index contributed by atoms with van der Waals surface area (Å²) in [6.07, 6.45) is 1.20. The molecular formula is C12H18N2O3S. The van der Waals surface area contributed by atoms with Crippen LogP contribution >= 0.6 is 0 Å². The summed E-state index contributed by atoms with van der Waals surface area (Å²) in [7, 11) is -3.52. The molecule has 0 atom stereocenters. The van der Waals surface area contributed by atoms with Crippen LogP contribution in [-0.4, -0.2) is 26.6 Å². The van der Waals surface area contributed by atoms with Crippen molar-refractivity contribution in [2.45, 2.75) is 19.8 Å². The Kier molecular flexibility index (Phi) is 5.30. The van der Waals surface area contributed by atoms with E-state index in [9.17, 15) is 13.2 Å². The van der Waals surface area contributed by atoms with E-state index in [1.165, 1.54) is 0 Å². The number of benzene rings is 1. The van der Waals surface area contributed by atoms with E-state index in [-0.39, 0.29) is 5.75 Å². The second-order valence-electron chi connectivity index (χ2n) is 3.99. The summed E-state index contributed by atoms with van der Waals surface area (Å²) in [5, 5.41) is 0. The molecule has 0 aliphatic carbocycles. The Morgan fingerprint density at radius 3 is 2.39 bits per heavy atom. The number of amides is 1. The van der Waals surface area contributed by atoms with Gasteiger partial charge in [0.1, 0.15) is 0 Å². The molecule has 6 heteroatoms. The van der Waals surface area contributed by atoms with Crippen LogP contribution in [0.5, 0.6) is 0 Å². The van der Waals surface area contributed by atoms with Crippen LogP contribution in [0, 0.1) is 0 Å². The molecular weight excluding hydrogens is 252 g/mol. The molecule has 0 bridgehead atoms. The summed E-state index contributed by atoms with van der Waals surface area (Å²) in [6, 6.07) is 6.74. The first-order chi connectivity index (χ1) is 8.48. The normalized spacial score (nSPS) is 11.2. The van der Waals surface area contributed by atoms with E-state index in [4.69, 9.17) is 5.73 Å². The second-order valence-corrected chi connectivity index (χ2v) is 5.83. The maximum atomic E-state index is 11.7. The lowest BCUT2D eigenvalue weighted by molar-refractivity contribution is 0.0981. The van der Waals surface area contributed by atoms with Gasteiger partial charge < -0.3 is 5.73 Å². The number of sulfonamides is 1. The fraction of sp³-hybridized carbons (Fsp3) is 0.417. The molecule has 0 fully saturated rings. The molecule has 0 unspecified atom stereocenters. The monoisotopic (exact) mass is 270 g/mol. The number of nitrogens with one attached hydrogen (secondary N) is 1. The third-order valence-corrected chi connectivity index (χ3v) is 3.81. The molecule has 0 heterocycles. The van der Waals surface area contributed by atoms with E-state index in [0.717, 1.165) is 12.0 Å². The van der Waals surface area contributed by atoms with Crippen molar-refractivity contribution in [3.63, 3.8) is 0 Å². The molecule has 1 aromatic carbocycles. The molecule has 1 rings (SSSR count). The van der Waals surface area contributed by atoms with Gasteiger partial charge in [-0.05, 0) is 37.1 Å². The Bertz CT molecular complexity index is 495. The van der Waals surface area contributed by atoms with Crippen LogP contribution in [-0.2, 0) is 16.4 Å². The zero-order chi connectivity index (χ0) is 13.6. The molecule has 0 aromatic heterocycles. The van der Waals surface area contributed by atoms with Crippen molar-refractivity contribution in [3.8, 4) is 0 Å². The predicted molar refractivity (Wildman–Crippen MR) is 70.7 cm³/mol. The lowest BCUT2D eigenvalue weighted by Crippen LogP contribution is -2.32. The Balaban J connectivity index is 2.73. The highest BCUT2D eigenvalue weighted by atomic mass is 32.2. The lowest BCUT2D eigenvalue weighted by Gasteiger charge is -2.06. The SMILES string of the molecule is CCCS(=O)(=O)NC(=O)c1ccc(CCN)cc1. The second kappa shape index (κ2) is 6.51. The maximum Gasteiger partial charge on any atom is 0.264 e. The van der Waals surface area contributed by atoms with Gasteiger partial charge in [0, 0.05) is 5.56 Å². The smallest absolute Gasteiger partial charge is 0.264 e. The van der Waals surface area contributed by atoms with Crippen molar-refractivity contribution < 1.29 is 13.2 Å². The van der Waals surface area contributed by atoms with Crippen molar-refractivity contribution >= 4 is 15.9 Å². The number of carbonyl (C=O) groups is 1. The van der Waals surface area contributed by atoms with Gasteiger partial charge in [-0.3, -0.25) is 4.79 Å². The van der Waals surface area contributed by atoms with Gasteiger partial charge in [-0.2, -0.15) is 0 Å². The van der Waals surface area contributed by atoms with Crippen molar-refractivity contribution in [3.05, 3.63) is 35.4 Å². The van der Waals surface area contributed by atoms with Gasteiger partial charge in [0.05, 0.1) is 5.75 Å². The summed E-state index contributed by atoms with van der Waals surface area (Å²) < 4.78 is 24.9. The van der Waals surface area contributed by atoms with E-state index < -0.39 is 15.9 Å². The van der Waals surface area contributed by atoms with E-state index in [0.29, 0.717) is 18.5 Å². The first-order valence-corrected chi connectivity index (χ1v) is 7.47. The standard InChI is InChI=1S/C12H18N2O3S/c1-2-9-18(16,17)14-12(15)11-5-3-10(4-6-11)7-8-13/h3-6H,2,7-9,13H2,1H3,(H,14,15). The maximum absolute atomic E-state index is 11.7. The largest absolute Gasteiger partial charge is 0.330 e. The van der Waals surface area contributed by atoms with E-state index in [1.807, 2.05) is 4.72 Å². The summed E-state index contributed by atoms with van der Waals surface area (Å²) in [5.41, 5.74) is 6.76. The molecule has 100 valence electrons. The minimum absolute atomic E-state index is 0.0516. The van der Waals surface area contributed by atoms with Crippen LogP contribution < -0.4 is 10.5 Å². The molecule has 1 aromatic rings. The minimum atomic E-state index is -3.52. The predicted octanol–water partition coefficient (Wildman–Crippen LogP) is 0.657. The van der Waals surface area contributed by atoms with Gasteiger partial charge >= 0.3 is 0 Å². The van der Waals surface area contributed by atoms with Crippen LogP contribution in [0.2, 0.25) is 0 Å². The molecule has 0 aliphatic heterocycles. The number of carbonyl (C=O) groups excluding carboxylic acids is 1. The van der Waals surface area contributed by atoms with Crippen molar-refractivity contribution in [2.24, 2.45) is 5.73 Å². The molecule has 0 saturated heterocycles. The third kappa shape index (κ3) is 4.46. The van der Waals surface area contributed by atoms with Crippen LogP contribution in [0.3, 0.4) is 0 Å². The zero-order valence-electron chi connectivity index (χ0n) is 10.3. The van der Waals surface area contributed by atoms with E-state index in [2.05, 4.69) is 0 Å². The van der Waals surface area contributed by atoms with Gasteiger partial charge in [0.15, 0.2) is 0 Å². The molecule has 18 heavy (non-hydrogen) atoms. The Labute approximate surface area is 107 Å². The van der Waals surface area contributed by atoms with Gasteiger partial charge in [0.2, 0.25) is 10.0 Å². The molecule has 5 nitrogen and oxygen atoms in total. The average molecular weight is 270 g/mol. The molecule has 0 radical (unpaired) electrons. The highest BCUT2D eigenvalue weighted by Crippen LogP contribution is 2.05. The number of rotatable bonds is 6. The van der Waals surface area contributed by atoms with Crippen molar-refractivity contribution in [1.29, 1.82) is 0 Å². The van der Waals surface area contributed by atoms with Gasteiger partial charge in [0.25, 0.3) is 5.91 Å².